The van der Waals surface area contributed by atoms with Gasteiger partial charge in [0, 0.05) is 36.7 Å². The Morgan fingerprint density at radius 2 is 2.06 bits per heavy atom. The summed E-state index contributed by atoms with van der Waals surface area (Å²) in [6, 6.07) is 16.3. The average Bonchev–Trinajstić information content (AvgIpc) is 3.55. The average molecular weight is 481 g/mol. The summed E-state index contributed by atoms with van der Waals surface area (Å²) in [7, 11) is 1.60. The van der Waals surface area contributed by atoms with Crippen molar-refractivity contribution in [2.24, 2.45) is 0 Å². The first-order valence-electron chi connectivity index (χ1n) is 11.2. The van der Waals surface area contributed by atoms with Crippen molar-refractivity contribution in [3.8, 4) is 5.75 Å². The quantitative estimate of drug-likeness (QED) is 0.410. The molecule has 34 heavy (non-hydrogen) atoms. The molecule has 0 bridgehead atoms. The van der Waals surface area contributed by atoms with Gasteiger partial charge in [0.25, 0.3) is 5.91 Å². The highest BCUT2D eigenvalue weighted by Crippen LogP contribution is 2.24. The lowest BCUT2D eigenvalue weighted by atomic mass is 10.0. The topological polar surface area (TPSA) is 102 Å². The number of anilines is 2. The smallest absolute Gasteiger partial charge is 0.271 e. The van der Waals surface area contributed by atoms with Gasteiger partial charge in [-0.25, -0.2) is 4.98 Å². The van der Waals surface area contributed by atoms with Crippen molar-refractivity contribution < 1.29 is 19.1 Å². The summed E-state index contributed by atoms with van der Waals surface area (Å²) < 4.78 is 10.8. The van der Waals surface area contributed by atoms with Crippen LogP contribution in [-0.4, -0.2) is 49.2 Å². The van der Waals surface area contributed by atoms with E-state index in [0.29, 0.717) is 18.1 Å². The van der Waals surface area contributed by atoms with Crippen LogP contribution in [0.2, 0.25) is 0 Å². The predicted molar refractivity (Wildman–Crippen MR) is 132 cm³/mol. The Morgan fingerprint density at radius 1 is 1.21 bits per heavy atom. The van der Waals surface area contributed by atoms with Crippen LogP contribution in [0, 0.1) is 0 Å². The van der Waals surface area contributed by atoms with Crippen LogP contribution in [0.3, 0.4) is 0 Å². The molecule has 0 saturated carbocycles. The molecule has 1 fully saturated rings. The predicted octanol–water partition coefficient (Wildman–Crippen LogP) is 3.53. The van der Waals surface area contributed by atoms with E-state index in [9.17, 15) is 9.59 Å². The number of nitrogens with one attached hydrogen (secondary N) is 3. The van der Waals surface area contributed by atoms with Crippen LogP contribution < -0.4 is 20.7 Å². The molecular formula is C25H28N4O4S. The van der Waals surface area contributed by atoms with Crippen molar-refractivity contribution in [1.82, 2.24) is 15.6 Å². The second kappa shape index (κ2) is 11.6. The number of carbonyl (C=O) groups excluding carboxylic acids is 2. The molecule has 2 amide bonds. The third kappa shape index (κ3) is 6.55. The van der Waals surface area contributed by atoms with Gasteiger partial charge in [-0.3, -0.25) is 9.59 Å². The molecule has 3 aromatic rings. The van der Waals surface area contributed by atoms with E-state index in [2.05, 4.69) is 20.9 Å². The molecule has 1 saturated heterocycles. The van der Waals surface area contributed by atoms with Crippen LogP contribution in [0.15, 0.2) is 60.0 Å². The zero-order chi connectivity index (χ0) is 23.8. The van der Waals surface area contributed by atoms with Crippen LogP contribution in [0.4, 0.5) is 10.8 Å². The van der Waals surface area contributed by atoms with Gasteiger partial charge in [-0.1, -0.05) is 36.4 Å². The molecule has 178 valence electrons. The fourth-order valence-electron chi connectivity index (χ4n) is 3.69. The van der Waals surface area contributed by atoms with Crippen molar-refractivity contribution >= 4 is 34.0 Å². The van der Waals surface area contributed by atoms with Gasteiger partial charge in [0.2, 0.25) is 5.91 Å². The number of carbonyl (C=O) groups is 2. The van der Waals surface area contributed by atoms with E-state index in [4.69, 9.17) is 9.47 Å². The van der Waals surface area contributed by atoms with Gasteiger partial charge >= 0.3 is 0 Å². The number of hydrogen-bond acceptors (Lipinski definition) is 7. The summed E-state index contributed by atoms with van der Waals surface area (Å²) in [4.78, 5) is 30.3. The lowest BCUT2D eigenvalue weighted by Gasteiger charge is -2.19. The van der Waals surface area contributed by atoms with Crippen molar-refractivity contribution in [2.45, 2.75) is 31.4 Å². The highest BCUT2D eigenvalue weighted by molar-refractivity contribution is 7.14. The Morgan fingerprint density at radius 3 is 2.82 bits per heavy atom. The van der Waals surface area contributed by atoms with E-state index in [1.165, 1.54) is 11.3 Å². The molecule has 1 aliphatic heterocycles. The molecule has 1 aromatic heterocycles. The summed E-state index contributed by atoms with van der Waals surface area (Å²) in [6.07, 6.45) is 2.34. The lowest BCUT2D eigenvalue weighted by molar-refractivity contribution is -0.123. The third-order valence-corrected chi connectivity index (χ3v) is 6.25. The molecule has 0 unspecified atom stereocenters. The van der Waals surface area contributed by atoms with Crippen LogP contribution in [0.25, 0.3) is 0 Å². The zero-order valence-corrected chi connectivity index (χ0v) is 19.8. The maximum absolute atomic E-state index is 13.0. The molecule has 2 atom stereocenters. The van der Waals surface area contributed by atoms with E-state index in [1.54, 1.807) is 12.5 Å². The Balaban J connectivity index is 1.41. The fraction of sp³-hybridized carbons (Fsp3) is 0.320. The van der Waals surface area contributed by atoms with E-state index < -0.39 is 11.9 Å². The maximum atomic E-state index is 13.0. The van der Waals surface area contributed by atoms with E-state index in [0.717, 1.165) is 36.4 Å². The molecule has 1 aliphatic rings. The SMILES string of the molecule is COc1cccc(Nc2nc(C(=O)N[C@H](Cc3ccccc3)C(=O)NC[C@@H]3CCCO3)cs2)c1. The molecule has 8 nitrogen and oxygen atoms in total. The summed E-state index contributed by atoms with van der Waals surface area (Å²) >= 11 is 1.31. The number of aromatic nitrogens is 1. The minimum atomic E-state index is -0.729. The monoisotopic (exact) mass is 480 g/mol. The zero-order valence-electron chi connectivity index (χ0n) is 19.0. The standard InChI is InChI=1S/C25H28N4O4S/c1-32-19-10-5-9-18(14-19)27-25-29-22(16-34-25)24(31)28-21(13-17-7-3-2-4-8-17)23(30)26-15-20-11-6-12-33-20/h2-5,7-10,14,16,20-21H,6,11-13,15H2,1H3,(H,26,30)(H,27,29)(H,28,31)/t20-,21+/m0/s1. The summed E-state index contributed by atoms with van der Waals surface area (Å²) in [6.45, 7) is 1.16. The largest absolute Gasteiger partial charge is 0.497 e. The number of amides is 2. The molecule has 2 aromatic carbocycles. The van der Waals surface area contributed by atoms with Gasteiger partial charge in [-0.05, 0) is 30.5 Å². The molecule has 4 rings (SSSR count). The normalized spacial score (nSPS) is 16.0. The lowest BCUT2D eigenvalue weighted by Crippen LogP contribution is -2.49. The minimum Gasteiger partial charge on any atom is -0.497 e. The number of hydrogen-bond donors (Lipinski definition) is 3. The maximum Gasteiger partial charge on any atom is 0.271 e. The summed E-state index contributed by atoms with van der Waals surface area (Å²) in [5.74, 6) is 0.0816. The molecular weight excluding hydrogens is 452 g/mol. The Bertz CT molecular complexity index is 1100. The third-order valence-electron chi connectivity index (χ3n) is 5.49. The van der Waals surface area contributed by atoms with Crippen LogP contribution in [-0.2, 0) is 16.0 Å². The van der Waals surface area contributed by atoms with E-state index in [-0.39, 0.29) is 17.7 Å². The Hall–Kier alpha value is -3.43. The Labute approximate surface area is 202 Å². The van der Waals surface area contributed by atoms with Crippen LogP contribution in [0.5, 0.6) is 5.75 Å². The number of nitrogens with zero attached hydrogens (tertiary/aromatic N) is 1. The molecule has 0 radical (unpaired) electrons. The van der Waals surface area contributed by atoms with Gasteiger partial charge in [-0.2, -0.15) is 0 Å². The number of rotatable bonds is 10. The van der Waals surface area contributed by atoms with E-state index >= 15 is 0 Å². The summed E-state index contributed by atoms with van der Waals surface area (Å²) in [5, 5.41) is 11.2. The van der Waals surface area contributed by atoms with Gasteiger partial charge in [-0.15, -0.1) is 11.3 Å². The highest BCUT2D eigenvalue weighted by Gasteiger charge is 2.25. The minimum absolute atomic E-state index is 0.0285. The van der Waals surface area contributed by atoms with Crippen molar-refractivity contribution in [3.05, 3.63) is 71.2 Å². The number of benzene rings is 2. The highest BCUT2D eigenvalue weighted by atomic mass is 32.1. The van der Waals surface area contributed by atoms with Crippen molar-refractivity contribution in [3.63, 3.8) is 0 Å². The van der Waals surface area contributed by atoms with Gasteiger partial charge < -0.3 is 25.4 Å². The number of methoxy groups -OCH3 is 1. The van der Waals surface area contributed by atoms with Gasteiger partial charge in [0.15, 0.2) is 5.13 Å². The first-order valence-corrected chi connectivity index (χ1v) is 12.1. The van der Waals surface area contributed by atoms with Gasteiger partial charge in [0.1, 0.15) is 17.5 Å². The van der Waals surface area contributed by atoms with Crippen molar-refractivity contribution in [1.29, 1.82) is 0 Å². The summed E-state index contributed by atoms with van der Waals surface area (Å²) in [5.41, 5.74) is 2.01. The number of ether oxygens (including phenoxy) is 2. The van der Waals surface area contributed by atoms with Crippen LogP contribution >= 0.6 is 11.3 Å². The first-order chi connectivity index (χ1) is 16.6. The fourth-order valence-corrected chi connectivity index (χ4v) is 4.40. The van der Waals surface area contributed by atoms with E-state index in [1.807, 2.05) is 54.6 Å². The molecule has 2 heterocycles. The van der Waals surface area contributed by atoms with Gasteiger partial charge in [0.05, 0.1) is 13.2 Å². The number of thiazole rings is 1. The second-order valence-corrected chi connectivity index (χ2v) is 8.85. The molecule has 0 spiro atoms. The Kier molecular flexibility index (Phi) is 8.11. The van der Waals surface area contributed by atoms with Crippen molar-refractivity contribution in [2.75, 3.05) is 25.6 Å². The molecule has 0 aliphatic carbocycles. The first kappa shape index (κ1) is 23.7. The molecule has 3 N–H and O–H groups in total. The molecule has 9 heteroatoms. The second-order valence-electron chi connectivity index (χ2n) is 7.99. The van der Waals surface area contributed by atoms with Crippen LogP contribution in [0.1, 0.15) is 28.9 Å².